The molecule has 0 aromatic carbocycles. The molecular formula is C12H22O2. The minimum atomic E-state index is -0.284. The minimum absolute atomic E-state index is 0.284. The van der Waals surface area contributed by atoms with Gasteiger partial charge in [-0.05, 0) is 44.4 Å². The Kier molecular flexibility index (Phi) is 3.13. The molecule has 82 valence electrons. The summed E-state index contributed by atoms with van der Waals surface area (Å²) in [5, 5.41) is 10.3. The average Bonchev–Trinajstić information content (AvgIpc) is 2.81. The van der Waals surface area contributed by atoms with E-state index in [1.165, 1.54) is 25.7 Å². The van der Waals surface area contributed by atoms with E-state index in [4.69, 9.17) is 4.74 Å². The molecule has 1 N–H and O–H groups in total. The number of ether oxygens (including phenoxy) is 1. The minimum Gasteiger partial charge on any atom is -0.389 e. The van der Waals surface area contributed by atoms with Crippen LogP contribution in [0.2, 0.25) is 0 Å². The molecule has 2 atom stereocenters. The van der Waals surface area contributed by atoms with Gasteiger partial charge in [-0.1, -0.05) is 12.8 Å². The summed E-state index contributed by atoms with van der Waals surface area (Å²) < 4.78 is 5.30. The van der Waals surface area contributed by atoms with E-state index < -0.39 is 0 Å². The third-order valence-corrected chi connectivity index (χ3v) is 4.01. The van der Waals surface area contributed by atoms with Gasteiger partial charge in [-0.15, -0.1) is 0 Å². The molecule has 0 aromatic heterocycles. The van der Waals surface area contributed by atoms with Crippen molar-refractivity contribution in [3.8, 4) is 0 Å². The third kappa shape index (κ3) is 1.82. The summed E-state index contributed by atoms with van der Waals surface area (Å²) in [5.41, 5.74) is -0.284. The summed E-state index contributed by atoms with van der Waals surface area (Å²) in [4.78, 5) is 0. The van der Waals surface area contributed by atoms with Crippen molar-refractivity contribution in [3.05, 3.63) is 0 Å². The molecule has 2 unspecified atom stereocenters. The molecule has 2 aliphatic rings. The fraction of sp³-hybridized carbons (Fsp3) is 1.00. The van der Waals surface area contributed by atoms with Gasteiger partial charge in [0.1, 0.15) is 0 Å². The van der Waals surface area contributed by atoms with Gasteiger partial charge in [0.15, 0.2) is 0 Å². The monoisotopic (exact) mass is 198 g/mol. The molecule has 0 aliphatic heterocycles. The quantitative estimate of drug-likeness (QED) is 0.687. The predicted molar refractivity (Wildman–Crippen MR) is 56.1 cm³/mol. The van der Waals surface area contributed by atoms with Crippen molar-refractivity contribution in [3.63, 3.8) is 0 Å². The highest BCUT2D eigenvalue weighted by molar-refractivity contribution is 5.12. The zero-order valence-electron chi connectivity index (χ0n) is 9.17. The molecule has 0 radical (unpaired) electrons. The summed E-state index contributed by atoms with van der Waals surface area (Å²) in [7, 11) is 0. The van der Waals surface area contributed by atoms with E-state index in [1.54, 1.807) is 0 Å². The summed E-state index contributed by atoms with van der Waals surface area (Å²) in [6, 6.07) is 0. The molecule has 2 rings (SSSR count). The fourth-order valence-corrected chi connectivity index (χ4v) is 3.19. The zero-order valence-corrected chi connectivity index (χ0v) is 9.17. The van der Waals surface area contributed by atoms with Gasteiger partial charge in [-0.25, -0.2) is 0 Å². The van der Waals surface area contributed by atoms with Crippen LogP contribution in [0.3, 0.4) is 0 Å². The first-order valence-corrected chi connectivity index (χ1v) is 6.09. The van der Waals surface area contributed by atoms with E-state index in [0.717, 1.165) is 26.1 Å². The van der Waals surface area contributed by atoms with Gasteiger partial charge in [0.2, 0.25) is 0 Å². The number of rotatable bonds is 5. The average molecular weight is 198 g/mol. The molecule has 2 nitrogen and oxygen atoms in total. The predicted octanol–water partition coefficient (Wildman–Crippen LogP) is 2.35. The maximum atomic E-state index is 10.3. The Hall–Kier alpha value is -0.0800. The second-order valence-corrected chi connectivity index (χ2v) is 4.79. The Labute approximate surface area is 86.6 Å². The highest BCUT2D eigenvalue weighted by atomic mass is 16.5. The van der Waals surface area contributed by atoms with Crippen LogP contribution in [0.4, 0.5) is 0 Å². The van der Waals surface area contributed by atoms with Crippen LogP contribution in [0.1, 0.15) is 45.4 Å². The van der Waals surface area contributed by atoms with E-state index in [9.17, 15) is 5.11 Å². The van der Waals surface area contributed by atoms with Crippen molar-refractivity contribution in [1.82, 2.24) is 0 Å². The van der Waals surface area contributed by atoms with Crippen LogP contribution in [0.25, 0.3) is 0 Å². The molecule has 0 bridgehead atoms. The first-order chi connectivity index (χ1) is 6.79. The molecule has 14 heavy (non-hydrogen) atoms. The van der Waals surface area contributed by atoms with E-state index in [1.807, 2.05) is 6.92 Å². The molecule has 0 heterocycles. The second kappa shape index (κ2) is 4.19. The summed E-state index contributed by atoms with van der Waals surface area (Å²) in [5.74, 6) is 1.27. The lowest BCUT2D eigenvalue weighted by Crippen LogP contribution is -2.13. The Morgan fingerprint density at radius 1 is 1.29 bits per heavy atom. The number of aliphatic hydroxyl groups is 1. The lowest BCUT2D eigenvalue weighted by Gasteiger charge is -2.09. The van der Waals surface area contributed by atoms with Crippen LogP contribution >= 0.6 is 0 Å². The van der Waals surface area contributed by atoms with E-state index >= 15 is 0 Å². The summed E-state index contributed by atoms with van der Waals surface area (Å²) in [6.07, 6.45) is 7.16. The lowest BCUT2D eigenvalue weighted by atomic mass is 10.0. The highest BCUT2D eigenvalue weighted by Gasteiger charge is 2.62. The van der Waals surface area contributed by atoms with Crippen molar-refractivity contribution >= 4 is 0 Å². The summed E-state index contributed by atoms with van der Waals surface area (Å²) in [6.45, 7) is 3.63. The molecule has 0 amide bonds. The van der Waals surface area contributed by atoms with Crippen LogP contribution in [0.15, 0.2) is 0 Å². The standard InChI is InChI=1S/C12H22O2/c1-2-14-9-5-8-12(13)10-6-3-4-7-11(10)12/h10-11,13H,2-9H2,1H3. The van der Waals surface area contributed by atoms with Crippen LogP contribution in [0.5, 0.6) is 0 Å². The first-order valence-electron chi connectivity index (χ1n) is 6.09. The molecule has 2 heteroatoms. The van der Waals surface area contributed by atoms with Crippen LogP contribution in [0, 0.1) is 11.8 Å². The van der Waals surface area contributed by atoms with Crippen molar-refractivity contribution in [2.24, 2.45) is 11.8 Å². The van der Waals surface area contributed by atoms with E-state index in [0.29, 0.717) is 11.8 Å². The lowest BCUT2D eigenvalue weighted by molar-refractivity contribution is 0.0827. The van der Waals surface area contributed by atoms with E-state index in [-0.39, 0.29) is 5.60 Å². The second-order valence-electron chi connectivity index (χ2n) is 4.79. The number of hydrogen-bond donors (Lipinski definition) is 1. The van der Waals surface area contributed by atoms with Crippen molar-refractivity contribution in [1.29, 1.82) is 0 Å². The first kappa shape index (κ1) is 10.4. The number of hydrogen-bond acceptors (Lipinski definition) is 2. The van der Waals surface area contributed by atoms with Crippen LogP contribution in [-0.2, 0) is 4.74 Å². The normalized spacial score (nSPS) is 40.7. The topological polar surface area (TPSA) is 29.5 Å². The fourth-order valence-electron chi connectivity index (χ4n) is 3.19. The van der Waals surface area contributed by atoms with Gasteiger partial charge in [0.25, 0.3) is 0 Å². The van der Waals surface area contributed by atoms with Gasteiger partial charge in [-0.3, -0.25) is 0 Å². The Morgan fingerprint density at radius 2 is 1.93 bits per heavy atom. The molecule has 2 fully saturated rings. The molecule has 2 saturated carbocycles. The van der Waals surface area contributed by atoms with Crippen molar-refractivity contribution < 1.29 is 9.84 Å². The Balaban J connectivity index is 1.70. The third-order valence-electron chi connectivity index (χ3n) is 4.01. The zero-order chi connectivity index (χ0) is 10.0. The van der Waals surface area contributed by atoms with E-state index in [2.05, 4.69) is 0 Å². The van der Waals surface area contributed by atoms with Gasteiger partial charge >= 0.3 is 0 Å². The molecule has 0 saturated heterocycles. The molecule has 2 aliphatic carbocycles. The van der Waals surface area contributed by atoms with Gasteiger partial charge in [0.05, 0.1) is 5.60 Å². The Morgan fingerprint density at radius 3 is 2.50 bits per heavy atom. The smallest absolute Gasteiger partial charge is 0.0712 e. The van der Waals surface area contributed by atoms with Crippen LogP contribution in [-0.4, -0.2) is 23.9 Å². The Bertz CT molecular complexity index is 179. The van der Waals surface area contributed by atoms with Gasteiger partial charge in [0, 0.05) is 13.2 Å². The molecule has 0 aromatic rings. The SMILES string of the molecule is CCOCCCC1(O)C2CCCCC21. The largest absolute Gasteiger partial charge is 0.389 e. The van der Waals surface area contributed by atoms with Gasteiger partial charge in [-0.2, -0.15) is 0 Å². The van der Waals surface area contributed by atoms with Crippen LogP contribution < -0.4 is 0 Å². The maximum Gasteiger partial charge on any atom is 0.0712 e. The molecule has 0 spiro atoms. The molecular weight excluding hydrogens is 176 g/mol. The summed E-state index contributed by atoms with van der Waals surface area (Å²) >= 11 is 0. The van der Waals surface area contributed by atoms with Gasteiger partial charge < -0.3 is 9.84 Å². The van der Waals surface area contributed by atoms with Crippen molar-refractivity contribution in [2.75, 3.05) is 13.2 Å². The highest BCUT2D eigenvalue weighted by Crippen LogP contribution is 2.60. The number of fused-ring (bicyclic) bond motifs is 1. The van der Waals surface area contributed by atoms with Crippen molar-refractivity contribution in [2.45, 2.75) is 51.0 Å². The maximum absolute atomic E-state index is 10.3.